The Balaban J connectivity index is 1.95. The SMILES string of the molecule is O=C(O)C1(Cc2ccc3oc(=O)[nH]c3c2)COC1. The average molecular weight is 249 g/mol. The van der Waals surface area contributed by atoms with Gasteiger partial charge in [-0.25, -0.2) is 4.79 Å². The Bertz CT molecular complexity index is 664. The summed E-state index contributed by atoms with van der Waals surface area (Å²) in [6.45, 7) is 0.449. The number of carboxylic acid groups (broad SMARTS) is 1. The molecule has 2 heterocycles. The van der Waals surface area contributed by atoms with E-state index in [0.717, 1.165) is 5.56 Å². The molecule has 0 unspecified atom stereocenters. The van der Waals surface area contributed by atoms with Gasteiger partial charge in [-0.05, 0) is 24.1 Å². The van der Waals surface area contributed by atoms with Crippen molar-refractivity contribution in [2.75, 3.05) is 13.2 Å². The number of nitrogens with one attached hydrogen (secondary N) is 1. The number of oxazole rings is 1. The van der Waals surface area contributed by atoms with Gasteiger partial charge in [0.1, 0.15) is 5.41 Å². The predicted octanol–water partition coefficient (Wildman–Crippen LogP) is 0.765. The molecule has 1 fully saturated rings. The maximum Gasteiger partial charge on any atom is 0.417 e. The van der Waals surface area contributed by atoms with Gasteiger partial charge in [0.2, 0.25) is 0 Å². The molecule has 1 aromatic carbocycles. The van der Waals surface area contributed by atoms with Crippen molar-refractivity contribution in [1.82, 2.24) is 4.98 Å². The summed E-state index contributed by atoms with van der Waals surface area (Å²) in [7, 11) is 0. The largest absolute Gasteiger partial charge is 0.481 e. The van der Waals surface area contributed by atoms with Crippen LogP contribution in [0.1, 0.15) is 5.56 Å². The third-order valence-electron chi connectivity index (χ3n) is 3.24. The van der Waals surface area contributed by atoms with Crippen LogP contribution in [0.2, 0.25) is 0 Å². The number of rotatable bonds is 3. The molecule has 0 bridgehead atoms. The summed E-state index contributed by atoms with van der Waals surface area (Å²) >= 11 is 0. The van der Waals surface area contributed by atoms with Gasteiger partial charge in [-0.15, -0.1) is 0 Å². The molecule has 0 amide bonds. The number of benzene rings is 1. The number of ether oxygens (including phenoxy) is 1. The van der Waals surface area contributed by atoms with E-state index in [1.165, 1.54) is 0 Å². The number of hydrogen-bond acceptors (Lipinski definition) is 4. The number of aromatic amines is 1. The molecule has 0 spiro atoms. The lowest BCUT2D eigenvalue weighted by molar-refractivity contribution is -0.179. The van der Waals surface area contributed by atoms with Crippen molar-refractivity contribution in [3.63, 3.8) is 0 Å². The fourth-order valence-electron chi connectivity index (χ4n) is 2.15. The smallest absolute Gasteiger partial charge is 0.417 e. The number of hydrogen-bond donors (Lipinski definition) is 2. The second-order valence-electron chi connectivity index (χ2n) is 4.60. The van der Waals surface area contributed by atoms with Gasteiger partial charge in [0, 0.05) is 0 Å². The molecule has 6 nitrogen and oxygen atoms in total. The van der Waals surface area contributed by atoms with E-state index in [0.29, 0.717) is 17.5 Å². The van der Waals surface area contributed by atoms with Crippen molar-refractivity contribution in [1.29, 1.82) is 0 Å². The minimum absolute atomic E-state index is 0.224. The van der Waals surface area contributed by atoms with Crippen LogP contribution in [0.25, 0.3) is 11.1 Å². The molecule has 0 aliphatic carbocycles. The van der Waals surface area contributed by atoms with Crippen LogP contribution in [0.5, 0.6) is 0 Å². The van der Waals surface area contributed by atoms with Gasteiger partial charge >= 0.3 is 11.7 Å². The standard InChI is InChI=1S/C12H11NO5/c14-10(15)12(5-17-6-12)4-7-1-2-9-8(3-7)13-11(16)18-9/h1-3H,4-6H2,(H,13,16)(H,14,15). The number of aromatic nitrogens is 1. The summed E-state index contributed by atoms with van der Waals surface area (Å²) in [5, 5.41) is 9.21. The molecule has 6 heteroatoms. The van der Waals surface area contributed by atoms with E-state index in [2.05, 4.69) is 4.98 Å². The van der Waals surface area contributed by atoms with Crippen molar-refractivity contribution in [3.8, 4) is 0 Å². The molecular weight excluding hydrogens is 238 g/mol. The molecule has 2 aromatic rings. The third-order valence-corrected chi connectivity index (χ3v) is 3.24. The Morgan fingerprint density at radius 1 is 1.44 bits per heavy atom. The highest BCUT2D eigenvalue weighted by molar-refractivity contribution is 5.77. The van der Waals surface area contributed by atoms with Gasteiger partial charge in [-0.2, -0.15) is 0 Å². The second-order valence-corrected chi connectivity index (χ2v) is 4.60. The second kappa shape index (κ2) is 3.71. The first kappa shape index (κ1) is 11.0. The quantitative estimate of drug-likeness (QED) is 0.837. The third kappa shape index (κ3) is 1.62. The Kier molecular flexibility index (Phi) is 2.27. The van der Waals surface area contributed by atoms with Crippen LogP contribution in [0.15, 0.2) is 27.4 Å². The van der Waals surface area contributed by atoms with E-state index in [1.807, 2.05) is 0 Å². The zero-order chi connectivity index (χ0) is 12.8. The van der Waals surface area contributed by atoms with Crippen LogP contribution in [-0.2, 0) is 16.0 Å². The summed E-state index contributed by atoms with van der Waals surface area (Å²) < 4.78 is 9.89. The van der Waals surface area contributed by atoms with Crippen LogP contribution >= 0.6 is 0 Å². The van der Waals surface area contributed by atoms with Gasteiger partial charge in [-0.3, -0.25) is 9.78 Å². The van der Waals surface area contributed by atoms with E-state index in [4.69, 9.17) is 9.15 Å². The molecule has 1 aliphatic rings. The fraction of sp³-hybridized carbons (Fsp3) is 0.333. The van der Waals surface area contributed by atoms with Crippen molar-refractivity contribution < 1.29 is 19.1 Å². The Hall–Kier alpha value is -2.08. The highest BCUT2D eigenvalue weighted by Crippen LogP contribution is 2.32. The van der Waals surface area contributed by atoms with E-state index in [1.54, 1.807) is 18.2 Å². The Morgan fingerprint density at radius 3 is 2.83 bits per heavy atom. The summed E-state index contributed by atoms with van der Waals surface area (Å²) in [5.41, 5.74) is 1.05. The van der Waals surface area contributed by atoms with E-state index < -0.39 is 17.1 Å². The van der Waals surface area contributed by atoms with E-state index in [-0.39, 0.29) is 13.2 Å². The minimum atomic E-state index is -0.852. The lowest BCUT2D eigenvalue weighted by atomic mass is 9.80. The monoisotopic (exact) mass is 249 g/mol. The fourth-order valence-corrected chi connectivity index (χ4v) is 2.15. The van der Waals surface area contributed by atoms with Crippen molar-refractivity contribution >= 4 is 17.1 Å². The maximum atomic E-state index is 11.2. The highest BCUT2D eigenvalue weighted by Gasteiger charge is 2.46. The number of carboxylic acids is 1. The molecule has 3 rings (SSSR count). The predicted molar refractivity (Wildman–Crippen MR) is 61.4 cm³/mol. The summed E-state index contributed by atoms with van der Waals surface area (Å²) in [6, 6.07) is 5.17. The zero-order valence-electron chi connectivity index (χ0n) is 9.43. The molecule has 1 saturated heterocycles. The zero-order valence-corrected chi connectivity index (χ0v) is 9.43. The average Bonchev–Trinajstić information content (AvgIpc) is 2.62. The molecule has 0 radical (unpaired) electrons. The van der Waals surface area contributed by atoms with Crippen LogP contribution in [-0.4, -0.2) is 29.3 Å². The molecule has 1 aromatic heterocycles. The first-order valence-electron chi connectivity index (χ1n) is 5.52. The van der Waals surface area contributed by atoms with Crippen LogP contribution < -0.4 is 5.76 Å². The molecule has 0 atom stereocenters. The lowest BCUT2D eigenvalue weighted by Crippen LogP contribution is -2.50. The molecule has 0 saturated carbocycles. The minimum Gasteiger partial charge on any atom is -0.481 e. The number of aliphatic carboxylic acids is 1. The first-order chi connectivity index (χ1) is 8.59. The lowest BCUT2D eigenvalue weighted by Gasteiger charge is -2.37. The number of fused-ring (bicyclic) bond motifs is 1. The summed E-state index contributed by atoms with van der Waals surface area (Å²) in [4.78, 5) is 24.8. The topological polar surface area (TPSA) is 92.5 Å². The normalized spacial score (nSPS) is 17.6. The Labute approximate surface area is 101 Å². The van der Waals surface area contributed by atoms with Crippen molar-refractivity contribution in [2.24, 2.45) is 5.41 Å². The summed E-state index contributed by atoms with van der Waals surface area (Å²) in [6.07, 6.45) is 0.380. The molecule has 2 N–H and O–H groups in total. The number of carbonyl (C=O) groups is 1. The summed E-state index contributed by atoms with van der Waals surface area (Å²) in [5.74, 6) is -1.36. The van der Waals surface area contributed by atoms with Gasteiger partial charge < -0.3 is 14.3 Å². The molecule has 18 heavy (non-hydrogen) atoms. The Morgan fingerprint density at radius 2 is 2.22 bits per heavy atom. The van der Waals surface area contributed by atoms with Crippen LogP contribution in [0.3, 0.4) is 0 Å². The first-order valence-corrected chi connectivity index (χ1v) is 5.52. The van der Waals surface area contributed by atoms with Gasteiger partial charge in [0.05, 0.1) is 18.7 Å². The van der Waals surface area contributed by atoms with Gasteiger partial charge in [0.25, 0.3) is 0 Å². The molecular formula is C12H11NO5. The highest BCUT2D eigenvalue weighted by atomic mass is 16.5. The van der Waals surface area contributed by atoms with Crippen molar-refractivity contribution in [3.05, 3.63) is 34.3 Å². The van der Waals surface area contributed by atoms with Crippen molar-refractivity contribution in [2.45, 2.75) is 6.42 Å². The van der Waals surface area contributed by atoms with Gasteiger partial charge in [-0.1, -0.05) is 6.07 Å². The number of H-pyrrole nitrogens is 1. The van der Waals surface area contributed by atoms with Crippen LogP contribution in [0, 0.1) is 5.41 Å². The molecule has 1 aliphatic heterocycles. The maximum absolute atomic E-state index is 11.2. The van der Waals surface area contributed by atoms with Gasteiger partial charge in [0.15, 0.2) is 5.58 Å². The van der Waals surface area contributed by atoms with E-state index >= 15 is 0 Å². The van der Waals surface area contributed by atoms with Crippen LogP contribution in [0.4, 0.5) is 0 Å². The van der Waals surface area contributed by atoms with E-state index in [9.17, 15) is 14.7 Å². The molecule has 94 valence electrons.